The van der Waals surface area contributed by atoms with E-state index in [0.29, 0.717) is 5.92 Å². The maximum Gasteiger partial charge on any atom is 0.204 e. The minimum Gasteiger partial charge on any atom is -0.345 e. The average Bonchev–Trinajstić information content (AvgIpc) is 2.61. The molecular weight excluding hydrogens is 172 g/mol. The highest BCUT2D eigenvalue weighted by atomic mass is 32.1. The van der Waals surface area contributed by atoms with Crippen molar-refractivity contribution < 1.29 is 0 Å². The minimum atomic E-state index is 0.286. The van der Waals surface area contributed by atoms with Gasteiger partial charge in [-0.3, -0.25) is 0 Å². The SMILES string of the molecule is CC1CN(c2ncns2)CC1N. The average molecular weight is 184 g/mol. The molecule has 2 unspecified atom stereocenters. The van der Waals surface area contributed by atoms with Crippen LogP contribution in [0.1, 0.15) is 6.92 Å². The van der Waals surface area contributed by atoms with Crippen LogP contribution in [0.25, 0.3) is 0 Å². The molecule has 1 aromatic rings. The van der Waals surface area contributed by atoms with Crippen molar-refractivity contribution in [1.82, 2.24) is 9.36 Å². The highest BCUT2D eigenvalue weighted by molar-refractivity contribution is 7.09. The highest BCUT2D eigenvalue weighted by Crippen LogP contribution is 2.22. The monoisotopic (exact) mass is 184 g/mol. The van der Waals surface area contributed by atoms with Crippen LogP contribution in [0.5, 0.6) is 0 Å². The van der Waals surface area contributed by atoms with Crippen LogP contribution in [0.15, 0.2) is 6.33 Å². The number of hydrogen-bond donors (Lipinski definition) is 1. The van der Waals surface area contributed by atoms with E-state index in [9.17, 15) is 0 Å². The Morgan fingerprint density at radius 1 is 1.67 bits per heavy atom. The molecule has 1 aliphatic heterocycles. The summed E-state index contributed by atoms with van der Waals surface area (Å²) in [5.74, 6) is 0.564. The first kappa shape index (κ1) is 7.94. The Morgan fingerprint density at radius 3 is 3.00 bits per heavy atom. The zero-order chi connectivity index (χ0) is 8.55. The van der Waals surface area contributed by atoms with Crippen molar-refractivity contribution in [3.05, 3.63) is 6.33 Å². The van der Waals surface area contributed by atoms with Gasteiger partial charge in [0.2, 0.25) is 5.13 Å². The Labute approximate surface area is 75.6 Å². The van der Waals surface area contributed by atoms with Gasteiger partial charge in [-0.25, -0.2) is 4.98 Å². The molecule has 1 aliphatic rings. The second-order valence-corrected chi connectivity index (χ2v) is 4.03. The molecule has 2 atom stereocenters. The molecule has 0 radical (unpaired) electrons. The lowest BCUT2D eigenvalue weighted by Crippen LogP contribution is -2.28. The molecule has 1 saturated heterocycles. The molecule has 4 nitrogen and oxygen atoms in total. The molecule has 0 amide bonds. The predicted molar refractivity (Wildman–Crippen MR) is 49.3 cm³/mol. The Kier molecular flexibility index (Phi) is 1.98. The van der Waals surface area contributed by atoms with Gasteiger partial charge in [0.1, 0.15) is 6.33 Å². The van der Waals surface area contributed by atoms with Gasteiger partial charge in [0.05, 0.1) is 0 Å². The second kappa shape index (κ2) is 2.99. The maximum absolute atomic E-state index is 5.89. The van der Waals surface area contributed by atoms with E-state index in [0.717, 1.165) is 18.2 Å². The lowest BCUT2D eigenvalue weighted by Gasteiger charge is -2.12. The Morgan fingerprint density at radius 2 is 2.50 bits per heavy atom. The summed E-state index contributed by atoms with van der Waals surface area (Å²) >= 11 is 1.43. The van der Waals surface area contributed by atoms with Gasteiger partial charge in [0.15, 0.2) is 0 Å². The van der Waals surface area contributed by atoms with Gasteiger partial charge >= 0.3 is 0 Å². The summed E-state index contributed by atoms with van der Waals surface area (Å²) in [4.78, 5) is 6.35. The van der Waals surface area contributed by atoms with Crippen LogP contribution in [-0.4, -0.2) is 28.5 Å². The van der Waals surface area contributed by atoms with E-state index >= 15 is 0 Å². The van der Waals surface area contributed by atoms with Crippen molar-refractivity contribution in [3.8, 4) is 0 Å². The lowest BCUT2D eigenvalue weighted by molar-refractivity contribution is 0.566. The number of rotatable bonds is 1. The van der Waals surface area contributed by atoms with E-state index in [1.165, 1.54) is 11.5 Å². The van der Waals surface area contributed by atoms with Gasteiger partial charge in [-0.05, 0) is 5.92 Å². The van der Waals surface area contributed by atoms with Crippen LogP contribution in [0.2, 0.25) is 0 Å². The Bertz CT molecular complexity index is 238. The number of hydrogen-bond acceptors (Lipinski definition) is 5. The molecule has 0 spiro atoms. The highest BCUT2D eigenvalue weighted by Gasteiger charge is 2.27. The molecule has 2 rings (SSSR count). The van der Waals surface area contributed by atoms with Gasteiger partial charge in [-0.15, -0.1) is 0 Å². The molecule has 1 fully saturated rings. The zero-order valence-corrected chi connectivity index (χ0v) is 7.79. The van der Waals surface area contributed by atoms with E-state index in [-0.39, 0.29) is 6.04 Å². The predicted octanol–water partition coefficient (Wildman–Crippen LogP) is 0.322. The fourth-order valence-electron chi connectivity index (χ4n) is 1.45. The number of nitrogens with zero attached hydrogens (tertiary/aromatic N) is 3. The van der Waals surface area contributed by atoms with E-state index < -0.39 is 0 Å². The number of aromatic nitrogens is 2. The Hall–Kier alpha value is -0.680. The molecule has 5 heteroatoms. The summed E-state index contributed by atoms with van der Waals surface area (Å²) in [6, 6.07) is 0.286. The largest absolute Gasteiger partial charge is 0.345 e. The number of anilines is 1. The third-order valence-corrected chi connectivity index (χ3v) is 3.02. The first-order chi connectivity index (χ1) is 5.77. The zero-order valence-electron chi connectivity index (χ0n) is 6.97. The molecule has 0 aliphatic carbocycles. The third kappa shape index (κ3) is 1.30. The van der Waals surface area contributed by atoms with E-state index in [4.69, 9.17) is 5.73 Å². The van der Waals surface area contributed by atoms with Gasteiger partial charge < -0.3 is 10.6 Å². The molecular formula is C7H12N4S. The third-order valence-electron chi connectivity index (χ3n) is 2.29. The maximum atomic E-state index is 5.89. The first-order valence-corrected chi connectivity index (χ1v) is 4.82. The normalized spacial score (nSPS) is 29.7. The van der Waals surface area contributed by atoms with Crippen LogP contribution in [0.4, 0.5) is 5.13 Å². The fourth-order valence-corrected chi connectivity index (χ4v) is 2.00. The van der Waals surface area contributed by atoms with Crippen LogP contribution < -0.4 is 10.6 Å². The smallest absolute Gasteiger partial charge is 0.204 e. The van der Waals surface area contributed by atoms with Gasteiger partial charge in [0, 0.05) is 30.7 Å². The van der Waals surface area contributed by atoms with Gasteiger partial charge in [-0.2, -0.15) is 4.37 Å². The van der Waals surface area contributed by atoms with E-state index in [2.05, 4.69) is 21.2 Å². The van der Waals surface area contributed by atoms with Crippen LogP contribution in [-0.2, 0) is 0 Å². The summed E-state index contributed by atoms with van der Waals surface area (Å²) in [6.07, 6.45) is 1.59. The van der Waals surface area contributed by atoms with Gasteiger partial charge in [-0.1, -0.05) is 6.92 Å². The van der Waals surface area contributed by atoms with Crippen molar-refractivity contribution in [1.29, 1.82) is 0 Å². The molecule has 0 bridgehead atoms. The van der Waals surface area contributed by atoms with Crippen molar-refractivity contribution in [2.24, 2.45) is 11.7 Å². The summed E-state index contributed by atoms with van der Waals surface area (Å²) in [5.41, 5.74) is 5.89. The topological polar surface area (TPSA) is 55.0 Å². The summed E-state index contributed by atoms with van der Waals surface area (Å²) < 4.78 is 3.96. The number of nitrogens with two attached hydrogens (primary N) is 1. The molecule has 66 valence electrons. The van der Waals surface area contributed by atoms with Crippen molar-refractivity contribution in [2.75, 3.05) is 18.0 Å². The lowest BCUT2D eigenvalue weighted by atomic mass is 10.1. The Balaban J connectivity index is 2.09. The molecule has 0 aromatic carbocycles. The van der Waals surface area contributed by atoms with Crippen molar-refractivity contribution in [3.63, 3.8) is 0 Å². The quantitative estimate of drug-likeness (QED) is 0.683. The fraction of sp³-hybridized carbons (Fsp3) is 0.714. The van der Waals surface area contributed by atoms with Crippen LogP contribution in [0, 0.1) is 5.92 Å². The summed E-state index contributed by atoms with van der Waals surface area (Å²) in [5, 5.41) is 0.995. The van der Waals surface area contributed by atoms with E-state index in [1.54, 1.807) is 6.33 Å². The summed E-state index contributed by atoms with van der Waals surface area (Å²) in [6.45, 7) is 4.10. The first-order valence-electron chi connectivity index (χ1n) is 4.04. The molecule has 12 heavy (non-hydrogen) atoms. The molecule has 2 heterocycles. The molecule has 0 saturated carbocycles. The van der Waals surface area contributed by atoms with Crippen LogP contribution >= 0.6 is 11.5 Å². The van der Waals surface area contributed by atoms with Gasteiger partial charge in [0.25, 0.3) is 0 Å². The van der Waals surface area contributed by atoms with Crippen molar-refractivity contribution >= 4 is 16.7 Å². The second-order valence-electron chi connectivity index (χ2n) is 3.27. The molecule has 1 aromatic heterocycles. The van der Waals surface area contributed by atoms with E-state index in [1.807, 2.05) is 0 Å². The minimum absolute atomic E-state index is 0.286. The summed E-state index contributed by atoms with van der Waals surface area (Å²) in [7, 11) is 0. The molecule has 2 N–H and O–H groups in total. The van der Waals surface area contributed by atoms with Crippen molar-refractivity contribution in [2.45, 2.75) is 13.0 Å². The van der Waals surface area contributed by atoms with Crippen LogP contribution in [0.3, 0.4) is 0 Å². The standard InChI is InChI=1S/C7H12N4S/c1-5-2-11(3-6(5)8)7-9-4-10-12-7/h4-6H,2-3,8H2,1H3.